The van der Waals surface area contributed by atoms with Crippen LogP contribution in [0, 0.1) is 0 Å². The number of fused-ring (bicyclic) bond motifs is 1. The lowest BCUT2D eigenvalue weighted by Crippen LogP contribution is -2.14. The van der Waals surface area contributed by atoms with Gasteiger partial charge in [-0.3, -0.25) is 5.10 Å². The van der Waals surface area contributed by atoms with Gasteiger partial charge in [-0.05, 0) is 19.3 Å². The number of oxime groups is 1. The highest BCUT2D eigenvalue weighted by Crippen LogP contribution is 2.23. The summed E-state index contributed by atoms with van der Waals surface area (Å²) in [6.45, 7) is 0. The van der Waals surface area contributed by atoms with Crippen LogP contribution in [0.5, 0.6) is 0 Å². The van der Waals surface area contributed by atoms with Gasteiger partial charge in [0.15, 0.2) is 5.69 Å². The molecule has 0 saturated carbocycles. The average Bonchev–Trinajstić information content (AvgIpc) is 2.62. The maximum atomic E-state index is 10.9. The molecule has 0 amide bonds. The number of hydrogen-bond acceptors (Lipinski definition) is 4. The van der Waals surface area contributed by atoms with Crippen molar-refractivity contribution in [3.05, 3.63) is 17.0 Å². The van der Waals surface area contributed by atoms with Gasteiger partial charge >= 0.3 is 5.97 Å². The summed E-state index contributed by atoms with van der Waals surface area (Å²) in [6, 6.07) is 0. The molecule has 1 aliphatic rings. The Morgan fingerprint density at radius 3 is 3.07 bits per heavy atom. The predicted molar refractivity (Wildman–Crippen MR) is 52.0 cm³/mol. The molecule has 2 rings (SSSR count). The molecule has 1 aromatic heterocycles. The van der Waals surface area contributed by atoms with Gasteiger partial charge in [-0.15, -0.1) is 0 Å². The molecule has 0 aliphatic heterocycles. The Kier molecular flexibility index (Phi) is 2.40. The minimum atomic E-state index is -1.04. The van der Waals surface area contributed by atoms with E-state index in [0.717, 1.165) is 25.0 Å². The Bertz CT molecular complexity index is 422. The molecular weight excluding hydrogens is 198 g/mol. The fourth-order valence-corrected chi connectivity index (χ4v) is 1.78. The van der Waals surface area contributed by atoms with E-state index in [1.54, 1.807) is 0 Å². The molecule has 1 heterocycles. The van der Waals surface area contributed by atoms with E-state index in [2.05, 4.69) is 15.4 Å². The molecule has 2 N–H and O–H groups in total. The molecule has 0 radical (unpaired) electrons. The van der Waals surface area contributed by atoms with Crippen molar-refractivity contribution < 1.29 is 14.7 Å². The third-order valence-corrected chi connectivity index (χ3v) is 2.37. The third kappa shape index (κ3) is 1.58. The van der Waals surface area contributed by atoms with E-state index < -0.39 is 5.97 Å². The molecule has 0 saturated heterocycles. The van der Waals surface area contributed by atoms with Gasteiger partial charge < -0.3 is 9.94 Å². The lowest BCUT2D eigenvalue weighted by molar-refractivity contribution is 0.0690. The Morgan fingerprint density at radius 1 is 1.60 bits per heavy atom. The van der Waals surface area contributed by atoms with Gasteiger partial charge in [0, 0.05) is 5.69 Å². The average molecular weight is 209 g/mol. The van der Waals surface area contributed by atoms with Crippen LogP contribution in [0.2, 0.25) is 0 Å². The van der Waals surface area contributed by atoms with Crippen LogP contribution < -0.4 is 0 Å². The third-order valence-electron chi connectivity index (χ3n) is 2.37. The van der Waals surface area contributed by atoms with Crippen LogP contribution in [0.1, 0.15) is 34.6 Å². The van der Waals surface area contributed by atoms with Crippen LogP contribution in [-0.2, 0) is 11.3 Å². The van der Waals surface area contributed by atoms with E-state index in [-0.39, 0.29) is 5.69 Å². The second-order valence-corrected chi connectivity index (χ2v) is 3.31. The number of hydrogen-bond donors (Lipinski definition) is 2. The van der Waals surface area contributed by atoms with Crippen molar-refractivity contribution in [1.29, 1.82) is 0 Å². The maximum absolute atomic E-state index is 10.9. The zero-order chi connectivity index (χ0) is 10.8. The minimum absolute atomic E-state index is 0.0282. The van der Waals surface area contributed by atoms with Crippen molar-refractivity contribution in [2.75, 3.05) is 7.11 Å². The van der Waals surface area contributed by atoms with Gasteiger partial charge in [0.05, 0.1) is 11.3 Å². The lowest BCUT2D eigenvalue weighted by atomic mass is 9.94. The van der Waals surface area contributed by atoms with Crippen molar-refractivity contribution in [3.63, 3.8) is 0 Å². The molecule has 0 fully saturated rings. The number of carboxylic acids is 1. The first kappa shape index (κ1) is 9.70. The highest BCUT2D eigenvalue weighted by Gasteiger charge is 2.26. The number of nitrogens with zero attached hydrogens (tertiary/aromatic N) is 2. The maximum Gasteiger partial charge on any atom is 0.357 e. The molecule has 80 valence electrons. The molecule has 0 bridgehead atoms. The zero-order valence-corrected chi connectivity index (χ0v) is 8.28. The van der Waals surface area contributed by atoms with Crippen molar-refractivity contribution in [3.8, 4) is 0 Å². The molecule has 1 aliphatic carbocycles. The van der Waals surface area contributed by atoms with Crippen LogP contribution in [0.4, 0.5) is 0 Å². The number of carbonyl (C=O) groups is 1. The number of aromatic carboxylic acids is 1. The zero-order valence-electron chi connectivity index (χ0n) is 8.28. The van der Waals surface area contributed by atoms with Crippen molar-refractivity contribution >= 4 is 11.7 Å². The molecule has 0 spiro atoms. The van der Waals surface area contributed by atoms with E-state index in [4.69, 9.17) is 9.94 Å². The largest absolute Gasteiger partial charge is 0.476 e. The Morgan fingerprint density at radius 2 is 2.40 bits per heavy atom. The number of nitrogens with one attached hydrogen (secondary N) is 1. The van der Waals surface area contributed by atoms with Gasteiger partial charge in [0.2, 0.25) is 0 Å². The van der Waals surface area contributed by atoms with Gasteiger partial charge in [0.25, 0.3) is 0 Å². The van der Waals surface area contributed by atoms with Crippen LogP contribution in [0.3, 0.4) is 0 Å². The molecule has 6 nitrogen and oxygen atoms in total. The Labute approximate surface area is 85.9 Å². The summed E-state index contributed by atoms with van der Waals surface area (Å²) in [6.07, 6.45) is 2.45. The Hall–Kier alpha value is -1.85. The first-order chi connectivity index (χ1) is 7.24. The first-order valence-corrected chi connectivity index (χ1v) is 4.65. The van der Waals surface area contributed by atoms with Gasteiger partial charge in [-0.25, -0.2) is 4.79 Å². The number of carboxylic acid groups (broad SMARTS) is 1. The summed E-state index contributed by atoms with van der Waals surface area (Å²) in [4.78, 5) is 15.6. The highest BCUT2D eigenvalue weighted by molar-refractivity contribution is 6.08. The normalized spacial score (nSPS) is 17.5. The van der Waals surface area contributed by atoms with Gasteiger partial charge in [-0.2, -0.15) is 5.10 Å². The van der Waals surface area contributed by atoms with Crippen LogP contribution in [0.25, 0.3) is 0 Å². The van der Waals surface area contributed by atoms with E-state index in [1.807, 2.05) is 0 Å². The fourth-order valence-electron chi connectivity index (χ4n) is 1.78. The molecule has 1 aromatic rings. The minimum Gasteiger partial charge on any atom is -0.476 e. The summed E-state index contributed by atoms with van der Waals surface area (Å²) in [5.41, 5.74) is 2.11. The van der Waals surface area contributed by atoms with E-state index >= 15 is 0 Å². The Balaban J connectivity index is 2.52. The SMILES string of the molecule is CON=C1CCCc2[nH]nc(C(=O)O)c21. The van der Waals surface area contributed by atoms with Crippen molar-refractivity contribution in [2.45, 2.75) is 19.3 Å². The first-order valence-electron chi connectivity index (χ1n) is 4.65. The molecule has 0 atom stereocenters. The van der Waals surface area contributed by atoms with E-state index in [0.29, 0.717) is 11.3 Å². The monoisotopic (exact) mass is 209 g/mol. The number of rotatable bonds is 2. The van der Waals surface area contributed by atoms with E-state index in [9.17, 15) is 4.79 Å². The topological polar surface area (TPSA) is 87.6 Å². The quantitative estimate of drug-likeness (QED) is 0.705. The van der Waals surface area contributed by atoms with Crippen LogP contribution in [-0.4, -0.2) is 34.1 Å². The summed E-state index contributed by atoms with van der Waals surface area (Å²) in [5.74, 6) is -1.04. The van der Waals surface area contributed by atoms with Crippen LogP contribution in [0.15, 0.2) is 5.16 Å². The van der Waals surface area contributed by atoms with Gasteiger partial charge in [0.1, 0.15) is 7.11 Å². The second kappa shape index (κ2) is 3.72. The summed E-state index contributed by atoms with van der Waals surface area (Å²) in [7, 11) is 1.45. The van der Waals surface area contributed by atoms with Crippen molar-refractivity contribution in [2.24, 2.45) is 5.16 Å². The molecule has 6 heteroatoms. The fraction of sp³-hybridized carbons (Fsp3) is 0.444. The molecular formula is C9H11N3O3. The molecule has 0 aromatic carbocycles. The number of aromatic amines is 1. The lowest BCUT2D eigenvalue weighted by Gasteiger charge is -2.12. The highest BCUT2D eigenvalue weighted by atomic mass is 16.6. The predicted octanol–water partition coefficient (Wildman–Crippen LogP) is 0.795. The van der Waals surface area contributed by atoms with Crippen LogP contribution >= 0.6 is 0 Å². The van der Waals surface area contributed by atoms with E-state index in [1.165, 1.54) is 7.11 Å². The standard InChI is InChI=1S/C9H11N3O3/c1-15-12-6-4-2-3-5-7(6)8(9(13)14)11-10-5/h2-4H2,1H3,(H,10,11)(H,13,14). The summed E-state index contributed by atoms with van der Waals surface area (Å²) in [5, 5.41) is 19.3. The van der Waals surface area contributed by atoms with Crippen molar-refractivity contribution in [1.82, 2.24) is 10.2 Å². The second-order valence-electron chi connectivity index (χ2n) is 3.31. The number of aryl methyl sites for hydroxylation is 1. The van der Waals surface area contributed by atoms with Gasteiger partial charge in [-0.1, -0.05) is 5.16 Å². The number of H-pyrrole nitrogens is 1. The smallest absolute Gasteiger partial charge is 0.357 e. The molecule has 15 heavy (non-hydrogen) atoms. The molecule has 0 unspecified atom stereocenters. The summed E-state index contributed by atoms with van der Waals surface area (Å²) >= 11 is 0. The summed E-state index contributed by atoms with van der Waals surface area (Å²) < 4.78 is 0. The number of aromatic nitrogens is 2.